The molecule has 1 aromatic carbocycles. The molecule has 1 aromatic rings. The van der Waals surface area contributed by atoms with E-state index in [1.54, 1.807) is 6.08 Å². The molecule has 1 aliphatic rings. The summed E-state index contributed by atoms with van der Waals surface area (Å²) in [6.45, 7) is 0. The van der Waals surface area contributed by atoms with Crippen LogP contribution in [0.5, 0.6) is 0 Å². The van der Waals surface area contributed by atoms with E-state index in [1.807, 2.05) is 30.3 Å². The number of hydrogen-bond acceptors (Lipinski definition) is 2. The van der Waals surface area contributed by atoms with Crippen molar-refractivity contribution in [2.75, 3.05) is 0 Å². The van der Waals surface area contributed by atoms with Crippen LogP contribution in [0.25, 0.3) is 5.57 Å². The lowest BCUT2D eigenvalue weighted by Crippen LogP contribution is -2.32. The van der Waals surface area contributed by atoms with Crippen molar-refractivity contribution in [2.45, 2.75) is 12.3 Å². The van der Waals surface area contributed by atoms with Gasteiger partial charge >= 0.3 is 0 Å². The van der Waals surface area contributed by atoms with Gasteiger partial charge in [0.2, 0.25) is 0 Å². The van der Waals surface area contributed by atoms with E-state index in [0.29, 0.717) is 0 Å². The van der Waals surface area contributed by atoms with Crippen LogP contribution in [0.15, 0.2) is 48.2 Å². The smallest absolute Gasteiger partial charge is 0.251 e. The van der Waals surface area contributed by atoms with Crippen LogP contribution in [-0.4, -0.2) is 11.0 Å². The third-order valence-corrected chi connectivity index (χ3v) is 2.48. The summed E-state index contributed by atoms with van der Waals surface area (Å²) in [6.07, 6.45) is 3.05. The molecule has 1 atom stereocenters. The predicted octanol–water partition coefficient (Wildman–Crippen LogP) is 1.97. The molecule has 0 saturated carbocycles. The van der Waals surface area contributed by atoms with E-state index < -0.39 is 5.85 Å². The summed E-state index contributed by atoms with van der Waals surface area (Å²) in [7, 11) is 0. The summed E-state index contributed by atoms with van der Waals surface area (Å²) < 4.78 is 13.5. The van der Waals surface area contributed by atoms with Crippen LogP contribution < -0.4 is 5.73 Å². The normalized spacial score (nSPS) is 25.7. The number of hydrogen-bond donors (Lipinski definition) is 2. The van der Waals surface area contributed by atoms with Gasteiger partial charge in [-0.2, -0.15) is 0 Å². The number of halogens is 1. The van der Waals surface area contributed by atoms with Gasteiger partial charge in [0, 0.05) is 6.42 Å². The molecule has 3 heteroatoms. The van der Waals surface area contributed by atoms with Gasteiger partial charge in [0.25, 0.3) is 5.85 Å². The molecule has 1 aliphatic carbocycles. The van der Waals surface area contributed by atoms with E-state index >= 15 is 0 Å². The number of alkyl halides is 1. The molecule has 1 unspecified atom stereocenters. The Bertz CT molecular complexity index is 421. The van der Waals surface area contributed by atoms with E-state index in [2.05, 4.69) is 0 Å². The number of aliphatic hydroxyl groups is 1. The lowest BCUT2D eigenvalue weighted by atomic mass is 9.93. The summed E-state index contributed by atoms with van der Waals surface area (Å²) in [5.41, 5.74) is 6.85. The van der Waals surface area contributed by atoms with Crippen molar-refractivity contribution < 1.29 is 9.50 Å². The zero-order chi connectivity index (χ0) is 10.9. The molecule has 0 aromatic heterocycles. The van der Waals surface area contributed by atoms with Crippen molar-refractivity contribution in [1.29, 1.82) is 0 Å². The molecule has 0 fully saturated rings. The Hall–Kier alpha value is -1.61. The number of nitrogens with two attached hydrogens (primary N) is 1. The van der Waals surface area contributed by atoms with Crippen LogP contribution in [-0.2, 0) is 0 Å². The third kappa shape index (κ3) is 1.92. The third-order valence-electron chi connectivity index (χ3n) is 2.48. The first-order chi connectivity index (χ1) is 7.09. The monoisotopic (exact) mass is 205 g/mol. The molecular weight excluding hydrogens is 193 g/mol. The van der Waals surface area contributed by atoms with Crippen molar-refractivity contribution in [1.82, 2.24) is 0 Å². The van der Waals surface area contributed by atoms with Gasteiger partial charge in [-0.15, -0.1) is 0 Å². The van der Waals surface area contributed by atoms with E-state index in [4.69, 9.17) is 5.73 Å². The highest BCUT2D eigenvalue weighted by Crippen LogP contribution is 2.33. The maximum atomic E-state index is 13.5. The topological polar surface area (TPSA) is 46.2 Å². The SMILES string of the molecule is NC1=CC=C(c2ccccc2)CC1(O)F. The quantitative estimate of drug-likeness (QED) is 0.736. The second kappa shape index (κ2) is 3.51. The van der Waals surface area contributed by atoms with Gasteiger partial charge in [-0.05, 0) is 17.2 Å². The fourth-order valence-electron chi connectivity index (χ4n) is 1.58. The average Bonchev–Trinajstić information content (AvgIpc) is 2.23. The van der Waals surface area contributed by atoms with E-state index in [-0.39, 0.29) is 12.1 Å². The highest BCUT2D eigenvalue weighted by Gasteiger charge is 2.33. The van der Waals surface area contributed by atoms with Crippen LogP contribution >= 0.6 is 0 Å². The zero-order valence-corrected chi connectivity index (χ0v) is 8.15. The Kier molecular flexibility index (Phi) is 2.32. The number of rotatable bonds is 1. The molecule has 0 saturated heterocycles. The summed E-state index contributed by atoms with van der Waals surface area (Å²) in [5.74, 6) is -2.42. The van der Waals surface area contributed by atoms with Gasteiger partial charge in [0.15, 0.2) is 0 Å². The Morgan fingerprint density at radius 2 is 1.87 bits per heavy atom. The van der Waals surface area contributed by atoms with Crippen LogP contribution in [0.3, 0.4) is 0 Å². The van der Waals surface area contributed by atoms with Gasteiger partial charge < -0.3 is 10.8 Å². The van der Waals surface area contributed by atoms with E-state index in [9.17, 15) is 9.50 Å². The molecule has 3 N–H and O–H groups in total. The van der Waals surface area contributed by atoms with Gasteiger partial charge in [0.05, 0.1) is 5.70 Å². The molecule has 2 rings (SSSR count). The zero-order valence-electron chi connectivity index (χ0n) is 8.15. The second-order valence-electron chi connectivity index (χ2n) is 3.62. The van der Waals surface area contributed by atoms with Crippen LogP contribution in [0.2, 0.25) is 0 Å². The lowest BCUT2D eigenvalue weighted by Gasteiger charge is -2.24. The summed E-state index contributed by atoms with van der Waals surface area (Å²) in [5, 5.41) is 9.37. The molecule has 78 valence electrons. The summed E-state index contributed by atoms with van der Waals surface area (Å²) in [6, 6.07) is 9.37. The molecule has 15 heavy (non-hydrogen) atoms. The Morgan fingerprint density at radius 1 is 1.20 bits per heavy atom. The molecular formula is C12H12FNO. The highest BCUT2D eigenvalue weighted by atomic mass is 19.2. The van der Waals surface area contributed by atoms with E-state index in [0.717, 1.165) is 11.1 Å². The molecule has 2 nitrogen and oxygen atoms in total. The molecule has 0 spiro atoms. The largest absolute Gasteiger partial charge is 0.397 e. The first-order valence-corrected chi connectivity index (χ1v) is 4.73. The molecule has 0 aliphatic heterocycles. The minimum Gasteiger partial charge on any atom is -0.397 e. The van der Waals surface area contributed by atoms with Crippen molar-refractivity contribution in [3.8, 4) is 0 Å². The van der Waals surface area contributed by atoms with Gasteiger partial charge in [0.1, 0.15) is 0 Å². The van der Waals surface area contributed by atoms with E-state index in [1.165, 1.54) is 6.08 Å². The lowest BCUT2D eigenvalue weighted by molar-refractivity contribution is -0.0491. The predicted molar refractivity (Wildman–Crippen MR) is 57.4 cm³/mol. The fourth-order valence-corrected chi connectivity index (χ4v) is 1.58. The van der Waals surface area contributed by atoms with Crippen molar-refractivity contribution in [2.24, 2.45) is 5.73 Å². The first kappa shape index (κ1) is 9.93. The van der Waals surface area contributed by atoms with Gasteiger partial charge in [-0.1, -0.05) is 36.4 Å². The maximum absolute atomic E-state index is 13.5. The minimum absolute atomic E-state index is 0.0979. The molecule has 0 radical (unpaired) electrons. The standard InChI is InChI=1S/C12H12FNO/c13-12(15)8-10(6-7-11(12)14)9-4-2-1-3-5-9/h1-7,15H,8,14H2. The molecule has 0 heterocycles. The Balaban J connectivity index is 2.35. The van der Waals surface area contributed by atoms with Crippen LogP contribution in [0, 0.1) is 0 Å². The summed E-state index contributed by atoms with van der Waals surface area (Å²) in [4.78, 5) is 0. The van der Waals surface area contributed by atoms with Crippen molar-refractivity contribution in [3.05, 3.63) is 53.7 Å². The minimum atomic E-state index is -2.42. The number of benzene rings is 1. The van der Waals surface area contributed by atoms with Gasteiger partial charge in [-0.25, -0.2) is 4.39 Å². The molecule has 0 amide bonds. The Labute approximate surface area is 87.5 Å². The first-order valence-electron chi connectivity index (χ1n) is 4.73. The van der Waals surface area contributed by atoms with Crippen LogP contribution in [0.4, 0.5) is 4.39 Å². The Morgan fingerprint density at radius 3 is 2.47 bits per heavy atom. The second-order valence-corrected chi connectivity index (χ2v) is 3.62. The van der Waals surface area contributed by atoms with Crippen molar-refractivity contribution in [3.63, 3.8) is 0 Å². The number of allylic oxidation sites excluding steroid dienone is 2. The average molecular weight is 205 g/mol. The highest BCUT2D eigenvalue weighted by molar-refractivity contribution is 5.69. The maximum Gasteiger partial charge on any atom is 0.251 e. The van der Waals surface area contributed by atoms with Crippen LogP contribution in [0.1, 0.15) is 12.0 Å². The molecule has 0 bridgehead atoms. The fraction of sp³-hybridized carbons (Fsp3) is 0.167. The summed E-state index contributed by atoms with van der Waals surface area (Å²) >= 11 is 0. The van der Waals surface area contributed by atoms with Gasteiger partial charge in [-0.3, -0.25) is 0 Å². The van der Waals surface area contributed by atoms with Crippen molar-refractivity contribution >= 4 is 5.57 Å².